The molecule has 4 aromatic rings. The van der Waals surface area contributed by atoms with Crippen LogP contribution in [0.2, 0.25) is 0 Å². The van der Waals surface area contributed by atoms with E-state index in [-0.39, 0.29) is 34.1 Å². The van der Waals surface area contributed by atoms with Gasteiger partial charge in [-0.15, -0.1) is 0 Å². The maximum atomic E-state index is 15.0. The van der Waals surface area contributed by atoms with E-state index in [4.69, 9.17) is 15.2 Å². The molecular weight excluding hydrogens is 541 g/mol. The van der Waals surface area contributed by atoms with E-state index in [1.807, 2.05) is 32.9 Å². The van der Waals surface area contributed by atoms with Gasteiger partial charge >= 0.3 is 6.03 Å². The van der Waals surface area contributed by atoms with Crippen molar-refractivity contribution in [1.29, 1.82) is 0 Å². The summed E-state index contributed by atoms with van der Waals surface area (Å²) in [6.45, 7) is 9.04. The summed E-state index contributed by atoms with van der Waals surface area (Å²) < 4.78 is 27.6. The zero-order valence-electron chi connectivity index (χ0n) is 24.1. The Morgan fingerprint density at radius 3 is 2.33 bits per heavy atom. The number of nitrogens with zero attached hydrogens (tertiary/aromatic N) is 4. The number of methoxy groups -OCH3 is 1. The molecule has 0 saturated heterocycles. The number of nitrogens with one attached hydrogen (secondary N) is 2. The average Bonchev–Trinajstić information content (AvgIpc) is 3.33. The average molecular weight is 574 g/mol. The van der Waals surface area contributed by atoms with Crippen LogP contribution < -0.4 is 25.8 Å². The molecule has 0 saturated carbocycles. The Labute approximate surface area is 242 Å². The Bertz CT molecular complexity index is 1660. The third-order valence-electron chi connectivity index (χ3n) is 5.77. The maximum absolute atomic E-state index is 15.0. The lowest BCUT2D eigenvalue weighted by molar-refractivity contribution is 0.143. The first-order chi connectivity index (χ1) is 19.7. The standard InChI is InChI=1S/C30H32FN7O4/c1-29(2,3)24-16-25(38(37-24)18-7-9-19(41-6)10-8-18)36-28(39)35-23-12-11-20(15-22(23)31)42-27-21(13-14-30(4,5)40)26(32)33-17-34-27/h7-12,15-17,40H,1-6H3,(H2,32,33,34)(H2,35,36,39). The van der Waals surface area contributed by atoms with Crippen LogP contribution in [0.5, 0.6) is 17.4 Å². The summed E-state index contributed by atoms with van der Waals surface area (Å²) in [5, 5.41) is 19.9. The summed E-state index contributed by atoms with van der Waals surface area (Å²) in [6.07, 6.45) is 1.18. The van der Waals surface area contributed by atoms with Crippen LogP contribution in [0.25, 0.3) is 5.69 Å². The fourth-order valence-corrected chi connectivity index (χ4v) is 3.59. The minimum absolute atomic E-state index is 0.0152. The van der Waals surface area contributed by atoms with Crippen molar-refractivity contribution < 1.29 is 23.8 Å². The van der Waals surface area contributed by atoms with Crippen molar-refractivity contribution in [3.63, 3.8) is 0 Å². The van der Waals surface area contributed by atoms with Gasteiger partial charge < -0.3 is 25.6 Å². The van der Waals surface area contributed by atoms with Crippen molar-refractivity contribution in [3.8, 4) is 34.9 Å². The maximum Gasteiger partial charge on any atom is 0.324 e. The molecule has 0 aliphatic heterocycles. The molecule has 5 N–H and O–H groups in total. The van der Waals surface area contributed by atoms with E-state index in [1.54, 1.807) is 30.0 Å². The van der Waals surface area contributed by atoms with Gasteiger partial charge in [-0.05, 0) is 50.2 Å². The van der Waals surface area contributed by atoms with Gasteiger partial charge in [0.15, 0.2) is 0 Å². The third kappa shape index (κ3) is 7.32. The van der Waals surface area contributed by atoms with Gasteiger partial charge in [0.2, 0.25) is 5.88 Å². The lowest BCUT2D eigenvalue weighted by atomic mass is 9.92. The fourth-order valence-electron chi connectivity index (χ4n) is 3.59. The van der Waals surface area contributed by atoms with Crippen LogP contribution in [0.15, 0.2) is 54.9 Å². The summed E-state index contributed by atoms with van der Waals surface area (Å²) in [5.74, 6) is 5.74. The van der Waals surface area contributed by atoms with E-state index >= 15 is 4.39 Å². The number of halogens is 1. The number of hydrogen-bond acceptors (Lipinski definition) is 8. The van der Waals surface area contributed by atoms with Gasteiger partial charge in [0.05, 0.1) is 24.2 Å². The van der Waals surface area contributed by atoms with Crippen LogP contribution in [0.4, 0.5) is 26.5 Å². The zero-order valence-corrected chi connectivity index (χ0v) is 24.1. The topological polar surface area (TPSA) is 149 Å². The lowest BCUT2D eigenvalue weighted by Crippen LogP contribution is -2.22. The normalized spacial score (nSPS) is 11.3. The van der Waals surface area contributed by atoms with Crippen LogP contribution >= 0.6 is 0 Å². The Kier molecular flexibility index (Phi) is 8.35. The quantitative estimate of drug-likeness (QED) is 0.229. The second-order valence-corrected chi connectivity index (χ2v) is 10.8. The first kappa shape index (κ1) is 29.8. The predicted octanol–water partition coefficient (Wildman–Crippen LogP) is 5.25. The number of nitrogen functional groups attached to an aromatic ring is 1. The fraction of sp³-hybridized carbons (Fsp3) is 0.267. The second-order valence-electron chi connectivity index (χ2n) is 10.8. The number of nitrogens with two attached hydrogens (primary N) is 1. The monoisotopic (exact) mass is 573 g/mol. The van der Waals surface area contributed by atoms with E-state index in [2.05, 4.69) is 37.5 Å². The Morgan fingerprint density at radius 1 is 1.02 bits per heavy atom. The molecule has 0 aliphatic rings. The smallest absolute Gasteiger partial charge is 0.324 e. The summed E-state index contributed by atoms with van der Waals surface area (Å²) in [4.78, 5) is 20.9. The second kappa shape index (κ2) is 11.8. The van der Waals surface area contributed by atoms with Crippen LogP contribution in [-0.4, -0.2) is 43.6 Å². The summed E-state index contributed by atoms with van der Waals surface area (Å²) in [7, 11) is 1.58. The molecule has 2 amide bonds. The first-order valence-electron chi connectivity index (χ1n) is 12.9. The predicted molar refractivity (Wildman–Crippen MR) is 158 cm³/mol. The molecule has 0 aliphatic carbocycles. The van der Waals surface area contributed by atoms with E-state index < -0.39 is 17.4 Å². The zero-order chi connectivity index (χ0) is 30.7. The molecule has 0 unspecified atom stereocenters. The van der Waals surface area contributed by atoms with Crippen molar-refractivity contribution in [2.45, 2.75) is 45.6 Å². The highest BCUT2D eigenvalue weighted by Crippen LogP contribution is 2.29. The molecule has 12 heteroatoms. The number of aromatic nitrogens is 4. The van der Waals surface area contributed by atoms with Gasteiger partial charge in [-0.3, -0.25) is 5.32 Å². The molecular formula is C30H32FN7O4. The molecule has 0 bridgehead atoms. The number of amides is 2. The number of rotatable bonds is 6. The first-order valence-corrected chi connectivity index (χ1v) is 12.9. The molecule has 4 rings (SSSR count). The number of benzene rings is 2. The van der Waals surface area contributed by atoms with Gasteiger partial charge in [0, 0.05) is 17.5 Å². The molecule has 0 spiro atoms. The number of aliphatic hydroxyl groups is 1. The van der Waals surface area contributed by atoms with Crippen molar-refractivity contribution in [1.82, 2.24) is 19.7 Å². The molecule has 42 heavy (non-hydrogen) atoms. The largest absolute Gasteiger partial charge is 0.497 e. The molecule has 2 aromatic heterocycles. The molecule has 0 fully saturated rings. The van der Waals surface area contributed by atoms with E-state index in [0.29, 0.717) is 17.3 Å². The molecule has 2 heterocycles. The van der Waals surface area contributed by atoms with Crippen LogP contribution in [-0.2, 0) is 5.41 Å². The van der Waals surface area contributed by atoms with Crippen molar-refractivity contribution in [2.75, 3.05) is 23.5 Å². The molecule has 2 aromatic carbocycles. The SMILES string of the molecule is COc1ccc(-n2nc(C(C)(C)C)cc2NC(=O)Nc2ccc(Oc3ncnc(N)c3C#CC(C)(C)O)cc2F)cc1. The van der Waals surface area contributed by atoms with Crippen molar-refractivity contribution in [2.24, 2.45) is 0 Å². The Morgan fingerprint density at radius 2 is 1.71 bits per heavy atom. The van der Waals surface area contributed by atoms with Gasteiger partial charge in [0.25, 0.3) is 0 Å². The summed E-state index contributed by atoms with van der Waals surface area (Å²) >= 11 is 0. The minimum atomic E-state index is -1.29. The van der Waals surface area contributed by atoms with E-state index in [1.165, 1.54) is 32.3 Å². The van der Waals surface area contributed by atoms with E-state index in [0.717, 1.165) is 11.8 Å². The van der Waals surface area contributed by atoms with Crippen LogP contribution in [0.3, 0.4) is 0 Å². The van der Waals surface area contributed by atoms with Crippen molar-refractivity contribution >= 4 is 23.4 Å². The summed E-state index contributed by atoms with van der Waals surface area (Å²) in [5.41, 5.74) is 5.83. The highest BCUT2D eigenvalue weighted by molar-refractivity contribution is 5.99. The van der Waals surface area contributed by atoms with Gasteiger partial charge in [-0.2, -0.15) is 5.10 Å². The van der Waals surface area contributed by atoms with E-state index in [9.17, 15) is 9.90 Å². The Balaban J connectivity index is 1.53. The highest BCUT2D eigenvalue weighted by atomic mass is 19.1. The Hall–Kier alpha value is -5.15. The van der Waals surface area contributed by atoms with Gasteiger partial charge in [-0.25, -0.2) is 23.8 Å². The van der Waals surface area contributed by atoms with Gasteiger partial charge in [0.1, 0.15) is 46.4 Å². The summed E-state index contributed by atoms with van der Waals surface area (Å²) in [6, 6.07) is 12.2. The highest BCUT2D eigenvalue weighted by Gasteiger charge is 2.22. The van der Waals surface area contributed by atoms with Gasteiger partial charge in [-0.1, -0.05) is 32.6 Å². The van der Waals surface area contributed by atoms with Crippen molar-refractivity contribution in [3.05, 3.63) is 71.9 Å². The number of carbonyl (C=O) groups excluding carboxylic acids is 1. The number of hydrogen-bond donors (Lipinski definition) is 4. The molecule has 11 nitrogen and oxygen atoms in total. The molecule has 0 atom stereocenters. The lowest BCUT2D eigenvalue weighted by Gasteiger charge is -2.14. The number of ether oxygens (including phenoxy) is 2. The minimum Gasteiger partial charge on any atom is -0.497 e. The number of carbonyl (C=O) groups is 1. The molecule has 218 valence electrons. The van der Waals surface area contributed by atoms with Crippen LogP contribution in [0.1, 0.15) is 45.9 Å². The van der Waals surface area contributed by atoms with Crippen LogP contribution in [0, 0.1) is 17.7 Å². The number of urea groups is 1. The number of anilines is 3. The molecule has 0 radical (unpaired) electrons. The third-order valence-corrected chi connectivity index (χ3v) is 5.77.